The predicted molar refractivity (Wildman–Crippen MR) is 65.4 cm³/mol. The van der Waals surface area contributed by atoms with E-state index in [1.54, 1.807) is 12.3 Å². The van der Waals surface area contributed by atoms with Gasteiger partial charge in [0.05, 0.1) is 30.3 Å². The Morgan fingerprint density at radius 1 is 1.56 bits per heavy atom. The summed E-state index contributed by atoms with van der Waals surface area (Å²) in [6.45, 7) is 1.82. The van der Waals surface area contributed by atoms with Crippen molar-refractivity contribution in [2.75, 3.05) is 12.8 Å². The van der Waals surface area contributed by atoms with Crippen molar-refractivity contribution in [3.8, 4) is 0 Å². The van der Waals surface area contributed by atoms with Crippen molar-refractivity contribution < 1.29 is 13.9 Å². The summed E-state index contributed by atoms with van der Waals surface area (Å²) in [5, 5.41) is 1.02. The van der Waals surface area contributed by atoms with Gasteiger partial charge in [-0.2, -0.15) is 0 Å². The normalized spacial score (nSPS) is 10.3. The summed E-state index contributed by atoms with van der Waals surface area (Å²) in [6, 6.07) is 1.55. The third-order valence-electron chi connectivity index (χ3n) is 2.10. The Kier molecular flexibility index (Phi) is 3.52. The molecule has 7 heteroatoms. The molecule has 0 fully saturated rings. The second-order valence-corrected chi connectivity index (χ2v) is 4.43. The quantitative estimate of drug-likeness (QED) is 0.847. The fraction of sp³-hybridized carbons (Fsp3) is 0.182. The molecule has 0 atom stereocenters. The highest BCUT2D eigenvalue weighted by Gasteiger charge is 2.13. The number of nitrogens with two attached hydrogens (primary N) is 1. The van der Waals surface area contributed by atoms with E-state index in [1.807, 2.05) is 6.92 Å². The number of oxazole rings is 1. The van der Waals surface area contributed by atoms with Gasteiger partial charge in [0, 0.05) is 0 Å². The molecule has 0 aliphatic rings. The molecule has 0 amide bonds. The maximum Gasteiger partial charge on any atom is 0.340 e. The fourth-order valence-electron chi connectivity index (χ4n) is 1.26. The Labute approximate surface area is 108 Å². The van der Waals surface area contributed by atoms with Gasteiger partial charge in [-0.25, -0.2) is 14.8 Å². The van der Waals surface area contributed by atoms with E-state index < -0.39 is 5.97 Å². The topological polar surface area (TPSA) is 91.2 Å². The first-order valence-corrected chi connectivity index (χ1v) is 5.85. The van der Waals surface area contributed by atoms with Gasteiger partial charge in [-0.1, -0.05) is 0 Å². The minimum Gasteiger partial charge on any atom is -0.465 e. The number of carbonyl (C=O) groups excluding carboxylic acids is 1. The molecule has 6 nitrogen and oxygen atoms in total. The molecule has 2 aromatic heterocycles. The predicted octanol–water partition coefficient (Wildman–Crippen LogP) is 1.90. The van der Waals surface area contributed by atoms with Gasteiger partial charge in [-0.3, -0.25) is 0 Å². The average Bonchev–Trinajstić information content (AvgIpc) is 2.76. The fourth-order valence-corrected chi connectivity index (χ4v) is 2.01. The average molecular weight is 265 g/mol. The van der Waals surface area contributed by atoms with Gasteiger partial charge >= 0.3 is 5.97 Å². The Hall–Kier alpha value is -2.02. The van der Waals surface area contributed by atoms with Crippen LogP contribution in [0.5, 0.6) is 0 Å². The number of methoxy groups -OCH3 is 1. The number of anilines is 1. The van der Waals surface area contributed by atoms with Gasteiger partial charge in [0.15, 0.2) is 0 Å². The van der Waals surface area contributed by atoms with Gasteiger partial charge in [-0.15, -0.1) is 0 Å². The summed E-state index contributed by atoms with van der Waals surface area (Å²) >= 11 is 1.21. The molecule has 0 unspecified atom stereocenters. The van der Waals surface area contributed by atoms with E-state index in [4.69, 9.17) is 10.2 Å². The number of hydrogen-bond acceptors (Lipinski definition) is 7. The van der Waals surface area contributed by atoms with Crippen LogP contribution in [0.1, 0.15) is 16.1 Å². The molecule has 0 aromatic carbocycles. The SMILES string of the molecule is COC(=O)c1cc(Sc2nc(C)co2)ncc1N. The molecular weight excluding hydrogens is 254 g/mol. The van der Waals surface area contributed by atoms with Crippen molar-refractivity contribution in [3.05, 3.63) is 29.8 Å². The molecule has 0 saturated carbocycles. The molecule has 2 aromatic rings. The Balaban J connectivity index is 2.27. The van der Waals surface area contributed by atoms with E-state index in [0.717, 1.165) is 5.69 Å². The molecule has 0 bridgehead atoms. The van der Waals surface area contributed by atoms with Crippen LogP contribution in [0.2, 0.25) is 0 Å². The Bertz CT molecular complexity index is 583. The lowest BCUT2D eigenvalue weighted by Gasteiger charge is -2.04. The van der Waals surface area contributed by atoms with E-state index in [0.29, 0.717) is 10.2 Å². The van der Waals surface area contributed by atoms with Crippen molar-refractivity contribution in [1.29, 1.82) is 0 Å². The lowest BCUT2D eigenvalue weighted by atomic mass is 10.2. The van der Waals surface area contributed by atoms with E-state index >= 15 is 0 Å². The van der Waals surface area contributed by atoms with E-state index in [9.17, 15) is 4.79 Å². The van der Waals surface area contributed by atoms with Gasteiger partial charge in [0.25, 0.3) is 5.22 Å². The third-order valence-corrected chi connectivity index (χ3v) is 2.90. The molecule has 0 aliphatic heterocycles. The van der Waals surface area contributed by atoms with Crippen LogP contribution in [0.4, 0.5) is 5.69 Å². The van der Waals surface area contributed by atoms with E-state index in [1.165, 1.54) is 25.1 Å². The molecule has 18 heavy (non-hydrogen) atoms. The number of pyridine rings is 1. The summed E-state index contributed by atoms with van der Waals surface area (Å²) in [7, 11) is 1.30. The highest BCUT2D eigenvalue weighted by Crippen LogP contribution is 2.27. The largest absolute Gasteiger partial charge is 0.465 e. The number of aryl methyl sites for hydroxylation is 1. The maximum absolute atomic E-state index is 11.5. The number of aromatic nitrogens is 2. The number of nitrogens with zero attached hydrogens (tertiary/aromatic N) is 2. The lowest BCUT2D eigenvalue weighted by molar-refractivity contribution is 0.0601. The number of hydrogen-bond donors (Lipinski definition) is 1. The van der Waals surface area contributed by atoms with Gasteiger partial charge < -0.3 is 14.9 Å². The first kappa shape index (κ1) is 12.4. The minimum atomic E-state index is -0.500. The minimum absolute atomic E-state index is 0.273. The number of carbonyl (C=O) groups is 1. The standard InChI is InChI=1S/C11H11N3O3S/c1-6-5-17-11(14-6)18-9-3-7(10(15)16-2)8(12)4-13-9/h3-5H,12H2,1-2H3. The first-order valence-electron chi connectivity index (χ1n) is 5.04. The second-order valence-electron chi connectivity index (χ2n) is 3.46. The van der Waals surface area contributed by atoms with Crippen LogP contribution in [0.25, 0.3) is 0 Å². The lowest BCUT2D eigenvalue weighted by Crippen LogP contribution is -2.06. The van der Waals surface area contributed by atoms with Crippen molar-refractivity contribution >= 4 is 23.4 Å². The summed E-state index contributed by atoms with van der Waals surface area (Å²) in [5.74, 6) is -0.500. The zero-order valence-corrected chi connectivity index (χ0v) is 10.7. The monoisotopic (exact) mass is 265 g/mol. The highest BCUT2D eigenvalue weighted by atomic mass is 32.2. The molecule has 2 heterocycles. The van der Waals surface area contributed by atoms with Gasteiger partial charge in [0.2, 0.25) is 0 Å². The van der Waals surface area contributed by atoms with Crippen LogP contribution in [-0.2, 0) is 4.74 Å². The molecule has 0 saturated heterocycles. The summed E-state index contributed by atoms with van der Waals surface area (Å²) in [5.41, 5.74) is 6.98. The van der Waals surface area contributed by atoms with Crippen LogP contribution < -0.4 is 5.73 Å². The van der Waals surface area contributed by atoms with Gasteiger partial charge in [-0.05, 0) is 24.8 Å². The van der Waals surface area contributed by atoms with E-state index in [-0.39, 0.29) is 11.3 Å². The zero-order valence-electron chi connectivity index (χ0n) is 9.84. The van der Waals surface area contributed by atoms with Crippen molar-refractivity contribution in [3.63, 3.8) is 0 Å². The number of nitrogen functional groups attached to an aromatic ring is 1. The molecule has 0 aliphatic carbocycles. The van der Waals surface area contributed by atoms with Crippen LogP contribution in [0.3, 0.4) is 0 Å². The molecule has 2 N–H and O–H groups in total. The zero-order chi connectivity index (χ0) is 13.1. The third kappa shape index (κ3) is 2.62. The van der Waals surface area contributed by atoms with Crippen LogP contribution in [-0.4, -0.2) is 23.0 Å². The van der Waals surface area contributed by atoms with Crippen LogP contribution in [0.15, 0.2) is 33.2 Å². The number of esters is 1. The Morgan fingerprint density at radius 2 is 2.33 bits per heavy atom. The second kappa shape index (κ2) is 5.09. The summed E-state index contributed by atoms with van der Waals surface area (Å²) in [4.78, 5) is 19.7. The van der Waals surface area contributed by atoms with Crippen molar-refractivity contribution in [2.45, 2.75) is 17.2 Å². The Morgan fingerprint density at radius 3 is 2.94 bits per heavy atom. The van der Waals surface area contributed by atoms with Gasteiger partial charge in [0.1, 0.15) is 11.3 Å². The van der Waals surface area contributed by atoms with Crippen LogP contribution >= 0.6 is 11.8 Å². The van der Waals surface area contributed by atoms with Crippen LogP contribution in [0, 0.1) is 6.92 Å². The molecule has 0 radical (unpaired) electrons. The van der Waals surface area contributed by atoms with Crippen molar-refractivity contribution in [1.82, 2.24) is 9.97 Å². The highest BCUT2D eigenvalue weighted by molar-refractivity contribution is 7.99. The van der Waals surface area contributed by atoms with E-state index in [2.05, 4.69) is 14.7 Å². The number of rotatable bonds is 3. The molecule has 0 spiro atoms. The molecule has 94 valence electrons. The molecule has 2 rings (SSSR count). The summed E-state index contributed by atoms with van der Waals surface area (Å²) < 4.78 is 9.82. The first-order chi connectivity index (χ1) is 8.60. The summed E-state index contributed by atoms with van der Waals surface area (Å²) in [6.07, 6.45) is 2.95. The maximum atomic E-state index is 11.5. The molecular formula is C11H11N3O3S. The smallest absolute Gasteiger partial charge is 0.340 e. The number of ether oxygens (including phenoxy) is 1. The van der Waals surface area contributed by atoms with Crippen molar-refractivity contribution in [2.24, 2.45) is 0 Å².